The van der Waals surface area contributed by atoms with Crippen LogP contribution < -0.4 is 9.42 Å². The number of nitrogens with zero attached hydrogens (tertiary/aromatic N) is 5. The summed E-state index contributed by atoms with van der Waals surface area (Å²) in [4.78, 5) is 18.6. The van der Waals surface area contributed by atoms with Crippen molar-refractivity contribution in [1.82, 2.24) is 24.8 Å². The molecule has 0 unspecified atom stereocenters. The number of amides is 1. The molecule has 210 valence electrons. The number of aliphatic hydroxyl groups is 1. The van der Waals surface area contributed by atoms with E-state index in [0.29, 0.717) is 51.6 Å². The normalized spacial score (nSPS) is 17.4. The number of fused-ring (bicyclic) bond motifs is 1. The molecule has 3 aromatic heterocycles. The van der Waals surface area contributed by atoms with Gasteiger partial charge < -0.3 is 24.2 Å². The lowest BCUT2D eigenvalue weighted by Gasteiger charge is -2.38. The third-order valence-electron chi connectivity index (χ3n) is 7.31. The van der Waals surface area contributed by atoms with Gasteiger partial charge in [0.05, 0.1) is 50.7 Å². The molecule has 39 heavy (non-hydrogen) atoms. The summed E-state index contributed by atoms with van der Waals surface area (Å²) in [6, 6.07) is 2.06. The Hall–Kier alpha value is -3.44. The zero-order valence-corrected chi connectivity index (χ0v) is 23.5. The minimum absolute atomic E-state index is 0.335. The highest BCUT2D eigenvalue weighted by Gasteiger charge is 2.36. The van der Waals surface area contributed by atoms with Crippen LogP contribution in [0.1, 0.15) is 50.4 Å². The highest BCUT2D eigenvalue weighted by atomic mass is 16.6. The average molecular weight is 540 g/mol. The van der Waals surface area contributed by atoms with Gasteiger partial charge in [0.25, 0.3) is 5.69 Å². The van der Waals surface area contributed by atoms with Gasteiger partial charge in [-0.2, -0.15) is 10.2 Å². The van der Waals surface area contributed by atoms with E-state index in [1.165, 1.54) is 5.56 Å². The van der Waals surface area contributed by atoms with Crippen molar-refractivity contribution in [3.8, 4) is 22.8 Å². The maximum absolute atomic E-state index is 12.4. The predicted octanol–water partition coefficient (Wildman–Crippen LogP) is 2.74. The van der Waals surface area contributed by atoms with E-state index >= 15 is 0 Å². The summed E-state index contributed by atoms with van der Waals surface area (Å²) in [6.45, 7) is 10.1. The van der Waals surface area contributed by atoms with Gasteiger partial charge in [0.15, 0.2) is 0 Å². The second-order valence-electron chi connectivity index (χ2n) is 11.5. The van der Waals surface area contributed by atoms with Crippen molar-refractivity contribution in [2.24, 2.45) is 0 Å². The quantitative estimate of drug-likeness (QED) is 0.479. The van der Waals surface area contributed by atoms with Gasteiger partial charge in [0, 0.05) is 42.9 Å². The van der Waals surface area contributed by atoms with Crippen LogP contribution >= 0.6 is 0 Å². The van der Waals surface area contributed by atoms with Gasteiger partial charge in [0.2, 0.25) is 11.6 Å². The van der Waals surface area contributed by atoms with E-state index in [4.69, 9.17) is 14.2 Å². The number of ether oxygens (including phenoxy) is 3. The number of piperidine rings is 1. The van der Waals surface area contributed by atoms with Crippen molar-refractivity contribution >= 4 is 6.09 Å². The number of pyridine rings is 1. The van der Waals surface area contributed by atoms with Crippen LogP contribution in [0.3, 0.4) is 0 Å². The molecule has 0 aromatic carbocycles. The molecule has 1 amide bonds. The second-order valence-corrected chi connectivity index (χ2v) is 11.5. The standard InChI is InChI=1S/C28H38N6O5/c1-19-14-21(16-29-25(19)37-5)34-23-7-13-38-12-6-22(23)24(31-34)20-15-30-33(17-20)18-28(36)8-10-32(11-9-28)26(35)39-27(2,3)4/h14-17,36H,6-13,18H2,1-5H3/p+1. The van der Waals surface area contributed by atoms with Gasteiger partial charge in [-0.05, 0) is 40.5 Å². The molecular formula is C28H39N6O5+. The topological polar surface area (TPSA) is 119 Å². The molecule has 3 aromatic rings. The summed E-state index contributed by atoms with van der Waals surface area (Å²) >= 11 is 0. The Morgan fingerprint density at radius 1 is 1.23 bits per heavy atom. The van der Waals surface area contributed by atoms with E-state index in [1.807, 2.05) is 40.1 Å². The van der Waals surface area contributed by atoms with Crippen molar-refractivity contribution in [2.45, 2.75) is 71.1 Å². The third-order valence-corrected chi connectivity index (χ3v) is 7.31. The number of likely N-dealkylation sites (tertiary alicyclic amines) is 1. The maximum atomic E-state index is 12.4. The molecule has 0 aliphatic carbocycles. The molecular weight excluding hydrogens is 500 g/mol. The fourth-order valence-corrected chi connectivity index (χ4v) is 5.32. The molecule has 5 rings (SSSR count). The number of hydrogen-bond acceptors (Lipinski definition) is 7. The van der Waals surface area contributed by atoms with Crippen molar-refractivity contribution in [3.05, 3.63) is 41.5 Å². The Balaban J connectivity index is 1.35. The number of nitrogens with one attached hydrogen (secondary N) is 1. The van der Waals surface area contributed by atoms with Crippen LogP contribution in [-0.4, -0.2) is 80.6 Å². The minimum atomic E-state index is -0.950. The van der Waals surface area contributed by atoms with E-state index in [1.54, 1.807) is 22.9 Å². The summed E-state index contributed by atoms with van der Waals surface area (Å²) in [5.74, 6) is 0.608. The molecule has 2 aliphatic rings. The number of carbonyl (C=O) groups is 1. The molecule has 11 nitrogen and oxygen atoms in total. The summed E-state index contributed by atoms with van der Waals surface area (Å²) in [5.41, 5.74) is 4.68. The van der Waals surface area contributed by atoms with Gasteiger partial charge >= 0.3 is 6.09 Å². The van der Waals surface area contributed by atoms with E-state index in [0.717, 1.165) is 41.0 Å². The molecule has 0 atom stereocenters. The van der Waals surface area contributed by atoms with Crippen LogP contribution in [0.2, 0.25) is 0 Å². The number of aromatic nitrogens is 5. The van der Waals surface area contributed by atoms with Crippen molar-refractivity contribution in [2.75, 3.05) is 33.4 Å². The molecule has 2 aliphatic heterocycles. The highest BCUT2D eigenvalue weighted by Crippen LogP contribution is 2.29. The van der Waals surface area contributed by atoms with Crippen LogP contribution in [-0.2, 0) is 28.9 Å². The maximum Gasteiger partial charge on any atom is 0.410 e. The third kappa shape index (κ3) is 5.94. The lowest BCUT2D eigenvalue weighted by atomic mass is 9.91. The molecule has 1 saturated heterocycles. The second kappa shape index (κ2) is 10.6. The number of H-pyrrole nitrogens is 1. The van der Waals surface area contributed by atoms with Crippen molar-refractivity contribution in [3.63, 3.8) is 0 Å². The van der Waals surface area contributed by atoms with E-state index < -0.39 is 11.2 Å². The SMILES string of the molecule is COc1ncc(-[n+]2[nH]c(-c3cnn(CC4(O)CCN(C(=O)OC(C)(C)C)CC4)c3)c3c2CCOCC3)cc1C. The van der Waals surface area contributed by atoms with Crippen molar-refractivity contribution < 1.29 is 28.8 Å². The fourth-order valence-electron chi connectivity index (χ4n) is 5.32. The first-order chi connectivity index (χ1) is 18.5. The molecule has 2 N–H and O–H groups in total. The summed E-state index contributed by atoms with van der Waals surface area (Å²) in [5, 5.41) is 19.5. The molecule has 11 heteroatoms. The smallest absolute Gasteiger partial charge is 0.410 e. The first-order valence-electron chi connectivity index (χ1n) is 13.5. The summed E-state index contributed by atoms with van der Waals surface area (Å²) in [6.07, 6.45) is 7.75. The summed E-state index contributed by atoms with van der Waals surface area (Å²) in [7, 11) is 1.62. The van der Waals surface area contributed by atoms with E-state index in [2.05, 4.69) is 25.9 Å². The van der Waals surface area contributed by atoms with Gasteiger partial charge in [-0.1, -0.05) is 4.68 Å². The fraction of sp³-hybridized carbons (Fsp3) is 0.571. The Labute approximate surface area is 228 Å². The Morgan fingerprint density at radius 3 is 2.67 bits per heavy atom. The minimum Gasteiger partial charge on any atom is -0.481 e. The number of hydrogen-bond donors (Lipinski definition) is 2. The lowest BCUT2D eigenvalue weighted by molar-refractivity contribution is -0.662. The van der Waals surface area contributed by atoms with Crippen LogP contribution in [0, 0.1) is 6.92 Å². The van der Waals surface area contributed by atoms with E-state index in [9.17, 15) is 9.90 Å². The van der Waals surface area contributed by atoms with Crippen molar-refractivity contribution in [1.29, 1.82) is 0 Å². The molecule has 0 bridgehead atoms. The highest BCUT2D eigenvalue weighted by molar-refractivity contribution is 5.68. The van der Waals surface area contributed by atoms with E-state index in [-0.39, 0.29) is 6.09 Å². The number of carbonyl (C=O) groups excluding carboxylic acids is 1. The van der Waals surface area contributed by atoms with Gasteiger partial charge in [0.1, 0.15) is 17.5 Å². The first kappa shape index (κ1) is 27.1. The molecule has 5 heterocycles. The molecule has 0 radical (unpaired) electrons. The van der Waals surface area contributed by atoms with Crippen LogP contribution in [0.5, 0.6) is 5.88 Å². The monoisotopic (exact) mass is 539 g/mol. The zero-order chi connectivity index (χ0) is 27.8. The van der Waals surface area contributed by atoms with Gasteiger partial charge in [-0.15, -0.1) is 0 Å². The summed E-state index contributed by atoms with van der Waals surface area (Å²) < 4.78 is 20.5. The predicted molar refractivity (Wildman–Crippen MR) is 143 cm³/mol. The van der Waals surface area contributed by atoms with Crippen LogP contribution in [0.25, 0.3) is 16.9 Å². The molecule has 0 saturated carbocycles. The lowest BCUT2D eigenvalue weighted by Crippen LogP contribution is -2.49. The number of aromatic amines is 1. The number of methoxy groups -OCH3 is 1. The van der Waals surface area contributed by atoms with Crippen LogP contribution in [0.4, 0.5) is 4.79 Å². The first-order valence-corrected chi connectivity index (χ1v) is 13.5. The number of aryl methyl sites for hydroxylation is 1. The van der Waals surface area contributed by atoms with Crippen LogP contribution in [0.15, 0.2) is 24.7 Å². The van der Waals surface area contributed by atoms with Gasteiger partial charge in [-0.25, -0.2) is 9.78 Å². The Morgan fingerprint density at radius 2 is 1.97 bits per heavy atom. The van der Waals surface area contributed by atoms with Gasteiger partial charge in [-0.3, -0.25) is 4.68 Å². The Kier molecular flexibility index (Phi) is 7.39. The largest absolute Gasteiger partial charge is 0.481 e. The Bertz CT molecular complexity index is 1330. The zero-order valence-electron chi connectivity index (χ0n) is 23.5. The average Bonchev–Trinajstić information content (AvgIpc) is 3.39. The molecule has 0 spiro atoms. The number of rotatable bonds is 5. The molecule has 1 fully saturated rings.